The first kappa shape index (κ1) is 23.0. The monoisotopic (exact) mass is 355 g/mol. The first-order valence-corrected chi connectivity index (χ1v) is 11.8. The van der Waals surface area contributed by atoms with Gasteiger partial charge < -0.3 is 15.2 Å². The lowest BCUT2D eigenvalue weighted by atomic mass is 10.00. The van der Waals surface area contributed by atoms with Crippen molar-refractivity contribution in [2.75, 3.05) is 0 Å². The number of nitrogens with one attached hydrogen (secondary N) is 1. The van der Waals surface area contributed by atoms with Gasteiger partial charge in [-0.05, 0) is 51.2 Å². The Hall–Kier alpha value is -0.993. The van der Waals surface area contributed by atoms with E-state index in [-0.39, 0.29) is 0 Å². The van der Waals surface area contributed by atoms with Crippen molar-refractivity contribution < 1.29 is 14.6 Å². The summed E-state index contributed by atoms with van der Waals surface area (Å²) in [7, 11) is -1.61. The molecule has 140 valence electrons. The highest BCUT2D eigenvalue weighted by Crippen LogP contribution is 2.19. The minimum absolute atomic E-state index is 0.340. The third-order valence-corrected chi connectivity index (χ3v) is 9.06. The normalized spacial score (nSPS) is 14.6. The molecule has 0 radical (unpaired) electrons. The van der Waals surface area contributed by atoms with Crippen LogP contribution in [0.2, 0.25) is 18.1 Å². The van der Waals surface area contributed by atoms with Gasteiger partial charge in [-0.1, -0.05) is 40.5 Å². The van der Waals surface area contributed by atoms with Crippen molar-refractivity contribution in [3.63, 3.8) is 0 Å². The van der Waals surface area contributed by atoms with Crippen LogP contribution < -0.4 is 5.32 Å². The minimum atomic E-state index is -1.61. The summed E-state index contributed by atoms with van der Waals surface area (Å²) in [4.78, 5) is 12.0. The second-order valence-corrected chi connectivity index (χ2v) is 12.9. The molecule has 1 amide bonds. The molecule has 0 bridgehead atoms. The number of carbonyl (C=O) groups is 1. The second-order valence-electron chi connectivity index (χ2n) is 7.94. The molecule has 0 fully saturated rings. The predicted octanol–water partition coefficient (Wildman–Crippen LogP) is 4.34. The van der Waals surface area contributed by atoms with Gasteiger partial charge in [0.15, 0.2) is 0 Å². The molecule has 0 rings (SSSR count). The fourth-order valence-electron chi connectivity index (χ4n) is 2.58. The highest BCUT2D eigenvalue weighted by molar-refractivity contribution is 6.87. The Morgan fingerprint density at radius 2 is 1.67 bits per heavy atom. The lowest BCUT2D eigenvalue weighted by molar-refractivity contribution is 0.0447. The topological polar surface area (TPSA) is 58.6 Å². The maximum absolute atomic E-state index is 12.0. The molecule has 0 saturated heterocycles. The van der Waals surface area contributed by atoms with Crippen molar-refractivity contribution in [1.29, 1.82) is 0 Å². The Kier molecular flexibility index (Phi) is 9.68. The molecule has 0 heterocycles. The number of carbonyl (C=O) groups excluding carboxylic acids is 1. The van der Waals surface area contributed by atoms with Gasteiger partial charge in [0.25, 0.3) is 0 Å². The molecule has 0 aliphatic rings. The van der Waals surface area contributed by atoms with E-state index >= 15 is 0 Å². The smallest absolute Gasteiger partial charge is 0.407 e. The van der Waals surface area contributed by atoms with E-state index in [1.54, 1.807) is 0 Å². The molecule has 0 aromatic heterocycles. The zero-order valence-corrected chi connectivity index (χ0v) is 17.8. The first-order chi connectivity index (χ1) is 11.0. The average molecular weight is 356 g/mol. The van der Waals surface area contributed by atoms with Gasteiger partial charge in [-0.2, -0.15) is 0 Å². The zero-order chi connectivity index (χ0) is 19.0. The van der Waals surface area contributed by atoms with E-state index in [1.807, 2.05) is 20.8 Å². The van der Waals surface area contributed by atoms with Crippen LogP contribution in [-0.4, -0.2) is 37.0 Å². The number of rotatable bonds is 7. The molecule has 0 spiro atoms. The van der Waals surface area contributed by atoms with E-state index in [4.69, 9.17) is 4.74 Å². The average Bonchev–Trinajstić information content (AvgIpc) is 2.46. The number of amides is 1. The van der Waals surface area contributed by atoms with E-state index in [2.05, 4.69) is 51.4 Å². The van der Waals surface area contributed by atoms with Gasteiger partial charge >= 0.3 is 6.09 Å². The van der Waals surface area contributed by atoms with Crippen molar-refractivity contribution in [3.8, 4) is 11.5 Å². The molecule has 0 aromatic rings. The van der Waals surface area contributed by atoms with Crippen LogP contribution in [0.3, 0.4) is 0 Å². The summed E-state index contributed by atoms with van der Waals surface area (Å²) >= 11 is 0. The summed E-state index contributed by atoms with van der Waals surface area (Å²) in [5.41, 5.74) is 2.85. The van der Waals surface area contributed by atoms with E-state index in [0.717, 1.165) is 18.1 Å². The molecule has 0 aliphatic carbocycles. The predicted molar refractivity (Wildman–Crippen MR) is 104 cm³/mol. The van der Waals surface area contributed by atoms with Crippen LogP contribution in [0, 0.1) is 17.4 Å². The molecule has 4 nitrogen and oxygen atoms in total. The maximum atomic E-state index is 12.0. The van der Waals surface area contributed by atoms with Crippen molar-refractivity contribution in [3.05, 3.63) is 0 Å². The summed E-state index contributed by atoms with van der Waals surface area (Å²) in [6, 6.07) is 2.86. The van der Waals surface area contributed by atoms with Crippen LogP contribution in [-0.2, 0) is 4.74 Å². The summed E-state index contributed by atoms with van der Waals surface area (Å²) < 4.78 is 5.31. The van der Waals surface area contributed by atoms with Crippen LogP contribution in [0.15, 0.2) is 0 Å². The Morgan fingerprint density at radius 3 is 2.04 bits per heavy atom. The van der Waals surface area contributed by atoms with Gasteiger partial charge in [-0.15, -0.1) is 5.54 Å². The van der Waals surface area contributed by atoms with E-state index in [0.29, 0.717) is 12.3 Å². The number of aliphatic hydroxyl groups is 1. The van der Waals surface area contributed by atoms with Gasteiger partial charge in [0.2, 0.25) is 0 Å². The number of hydrogen-bond donors (Lipinski definition) is 2. The highest BCUT2D eigenvalue weighted by atomic mass is 28.3. The molecule has 24 heavy (non-hydrogen) atoms. The molecule has 0 unspecified atom stereocenters. The van der Waals surface area contributed by atoms with Crippen LogP contribution in [0.4, 0.5) is 4.79 Å². The van der Waals surface area contributed by atoms with E-state index < -0.39 is 31.9 Å². The fourth-order valence-corrected chi connectivity index (χ4v) is 5.06. The van der Waals surface area contributed by atoms with Crippen LogP contribution in [0.1, 0.15) is 61.8 Å². The molecule has 0 saturated carbocycles. The molecular weight excluding hydrogens is 318 g/mol. The molecule has 0 aromatic carbocycles. The van der Waals surface area contributed by atoms with Crippen LogP contribution in [0.25, 0.3) is 0 Å². The third-order valence-electron chi connectivity index (χ3n) is 4.32. The number of ether oxygens (including phenoxy) is 1. The number of aliphatic hydroxyl groups excluding tert-OH is 1. The highest BCUT2D eigenvalue weighted by Gasteiger charge is 2.27. The number of alkyl carbamates (subject to hydrolysis) is 1. The SMILES string of the molecule is CC[Si](C#C[C@H](O)[C@H](CC(C)C)NC(=O)OC(C)(C)C)(CC)CC. The molecule has 2 atom stereocenters. The molecule has 0 aliphatic heterocycles. The summed E-state index contributed by atoms with van der Waals surface area (Å²) in [6.45, 7) is 16.2. The van der Waals surface area contributed by atoms with Crippen molar-refractivity contribution in [2.24, 2.45) is 5.92 Å². The van der Waals surface area contributed by atoms with Crippen molar-refractivity contribution in [1.82, 2.24) is 5.32 Å². The first-order valence-electron chi connectivity index (χ1n) is 9.18. The van der Waals surface area contributed by atoms with E-state index in [9.17, 15) is 9.90 Å². The lowest BCUT2D eigenvalue weighted by Gasteiger charge is -2.26. The number of hydrogen-bond acceptors (Lipinski definition) is 3. The van der Waals surface area contributed by atoms with Gasteiger partial charge in [-0.25, -0.2) is 4.79 Å². The van der Waals surface area contributed by atoms with Gasteiger partial charge in [0, 0.05) is 0 Å². The fraction of sp³-hybridized carbons (Fsp3) is 0.842. The Labute approximate surface area is 149 Å². The minimum Gasteiger partial charge on any atom is -0.444 e. The van der Waals surface area contributed by atoms with Gasteiger partial charge in [-0.3, -0.25) is 0 Å². The van der Waals surface area contributed by atoms with Gasteiger partial charge in [0.05, 0.1) is 6.04 Å². The Balaban J connectivity index is 5.15. The van der Waals surface area contributed by atoms with Crippen LogP contribution >= 0.6 is 0 Å². The molecule has 5 heteroatoms. The largest absolute Gasteiger partial charge is 0.444 e. The summed E-state index contributed by atoms with van der Waals surface area (Å²) in [5.74, 6) is 3.39. The standard InChI is InChI=1S/C19H37NO3Si/c1-9-24(10-2,11-3)13-12-17(21)16(14-15(4)5)20-18(22)23-19(6,7)8/h15-17,21H,9-11,14H2,1-8H3,(H,20,22)/t16-,17-/m0/s1. The lowest BCUT2D eigenvalue weighted by Crippen LogP contribution is -2.46. The second kappa shape index (κ2) is 10.1. The van der Waals surface area contributed by atoms with E-state index in [1.165, 1.54) is 0 Å². The van der Waals surface area contributed by atoms with Crippen molar-refractivity contribution in [2.45, 2.75) is 97.7 Å². The summed E-state index contributed by atoms with van der Waals surface area (Å²) in [6.07, 6.45) is -0.705. The Bertz CT molecular complexity index is 433. The van der Waals surface area contributed by atoms with Crippen LogP contribution in [0.5, 0.6) is 0 Å². The Morgan fingerprint density at radius 1 is 1.17 bits per heavy atom. The summed E-state index contributed by atoms with van der Waals surface area (Å²) in [5, 5.41) is 13.3. The van der Waals surface area contributed by atoms with Crippen molar-refractivity contribution >= 4 is 14.2 Å². The zero-order valence-electron chi connectivity index (χ0n) is 16.8. The maximum Gasteiger partial charge on any atom is 0.407 e. The molecule has 2 N–H and O–H groups in total. The quantitative estimate of drug-likeness (QED) is 0.527. The molecular formula is C19H37NO3Si. The third kappa shape index (κ3) is 8.75. The van der Waals surface area contributed by atoms with Gasteiger partial charge in [0.1, 0.15) is 19.8 Å².